The van der Waals surface area contributed by atoms with E-state index in [4.69, 9.17) is 0 Å². The zero-order chi connectivity index (χ0) is 15.3. The third kappa shape index (κ3) is 3.09. The molecule has 114 valence electrons. The number of aliphatic hydroxyl groups is 1. The molecule has 1 aromatic heterocycles. The number of nitro groups is 1. The highest BCUT2D eigenvalue weighted by Gasteiger charge is 2.29. The molecule has 0 aromatic carbocycles. The van der Waals surface area contributed by atoms with Gasteiger partial charge in [0.05, 0.1) is 11.5 Å². The van der Waals surface area contributed by atoms with Crippen LogP contribution in [0.25, 0.3) is 0 Å². The van der Waals surface area contributed by atoms with Crippen molar-refractivity contribution in [2.24, 2.45) is 12.5 Å². The zero-order valence-corrected chi connectivity index (χ0v) is 12.6. The molecule has 0 bridgehead atoms. The van der Waals surface area contributed by atoms with Gasteiger partial charge >= 0.3 is 5.69 Å². The molecule has 0 aliphatic rings. The summed E-state index contributed by atoms with van der Waals surface area (Å²) in [4.78, 5) is 10.8. The van der Waals surface area contributed by atoms with Gasteiger partial charge in [-0.25, -0.2) is 4.68 Å². The van der Waals surface area contributed by atoms with Crippen molar-refractivity contribution in [1.82, 2.24) is 9.78 Å². The van der Waals surface area contributed by atoms with Gasteiger partial charge in [0.1, 0.15) is 5.69 Å². The van der Waals surface area contributed by atoms with Crippen LogP contribution in [0.2, 0.25) is 0 Å². The first-order valence-corrected chi connectivity index (χ1v) is 6.99. The minimum Gasteiger partial charge on any atom is -0.396 e. The van der Waals surface area contributed by atoms with Gasteiger partial charge in [0, 0.05) is 19.0 Å². The maximum atomic E-state index is 11.2. The standard InChI is InChI=1S/C13H24N4O3/c1-5-10-11(17(19)20)12(16(4)15-10)14-8-13(6-2,7-3)9-18/h14,18H,5-9H2,1-4H3. The molecule has 1 rings (SSSR count). The first kappa shape index (κ1) is 16.4. The van der Waals surface area contributed by atoms with Crippen LogP contribution >= 0.6 is 0 Å². The Kier molecular flexibility index (Phi) is 5.50. The highest BCUT2D eigenvalue weighted by Crippen LogP contribution is 2.31. The molecule has 7 nitrogen and oxygen atoms in total. The van der Waals surface area contributed by atoms with E-state index in [9.17, 15) is 15.2 Å². The molecule has 0 radical (unpaired) electrons. The molecule has 0 aliphatic carbocycles. The molecular formula is C13H24N4O3. The second-order valence-electron chi connectivity index (χ2n) is 5.10. The smallest absolute Gasteiger partial charge is 0.333 e. The van der Waals surface area contributed by atoms with Crippen molar-refractivity contribution in [1.29, 1.82) is 0 Å². The molecule has 1 heterocycles. The van der Waals surface area contributed by atoms with E-state index in [-0.39, 0.29) is 17.7 Å². The Labute approximate surface area is 119 Å². The van der Waals surface area contributed by atoms with E-state index in [1.807, 2.05) is 20.8 Å². The molecule has 7 heteroatoms. The van der Waals surface area contributed by atoms with Crippen LogP contribution in [-0.2, 0) is 13.5 Å². The number of hydrogen-bond acceptors (Lipinski definition) is 5. The van der Waals surface area contributed by atoms with Crippen LogP contribution in [0, 0.1) is 15.5 Å². The Bertz CT molecular complexity index is 458. The van der Waals surface area contributed by atoms with E-state index in [0.29, 0.717) is 24.5 Å². The zero-order valence-electron chi connectivity index (χ0n) is 12.6. The van der Waals surface area contributed by atoms with Gasteiger partial charge < -0.3 is 10.4 Å². The number of aryl methyl sites for hydroxylation is 2. The average molecular weight is 284 g/mol. The summed E-state index contributed by atoms with van der Waals surface area (Å²) in [7, 11) is 1.69. The Balaban J connectivity index is 3.03. The highest BCUT2D eigenvalue weighted by atomic mass is 16.6. The predicted octanol–water partition coefficient (Wildman–Crippen LogP) is 2.10. The number of hydrogen-bond donors (Lipinski definition) is 2. The summed E-state index contributed by atoms with van der Waals surface area (Å²) in [6.45, 7) is 6.40. The van der Waals surface area contributed by atoms with E-state index < -0.39 is 4.92 Å². The number of rotatable bonds is 8. The summed E-state index contributed by atoms with van der Waals surface area (Å²) >= 11 is 0. The molecule has 1 aromatic rings. The fourth-order valence-electron chi connectivity index (χ4n) is 2.25. The van der Waals surface area contributed by atoms with Gasteiger partial charge in [-0.2, -0.15) is 5.10 Å². The molecule has 2 N–H and O–H groups in total. The SMILES string of the molecule is CCc1nn(C)c(NCC(CC)(CC)CO)c1[N+](=O)[O-]. The number of nitrogens with zero attached hydrogens (tertiary/aromatic N) is 3. The van der Waals surface area contributed by atoms with Gasteiger partial charge in [0.2, 0.25) is 5.82 Å². The van der Waals surface area contributed by atoms with E-state index in [0.717, 1.165) is 12.8 Å². The van der Waals surface area contributed by atoms with Crippen LogP contribution in [-0.4, -0.2) is 33.0 Å². The Hall–Kier alpha value is -1.63. The summed E-state index contributed by atoms with van der Waals surface area (Å²) in [5, 5.41) is 28.1. The third-order valence-corrected chi connectivity index (χ3v) is 4.08. The average Bonchev–Trinajstić information content (AvgIpc) is 2.77. The lowest BCUT2D eigenvalue weighted by Crippen LogP contribution is -2.32. The van der Waals surface area contributed by atoms with Crippen LogP contribution in [0.1, 0.15) is 39.3 Å². The number of aliphatic hydroxyl groups excluding tert-OH is 1. The number of anilines is 1. The minimum absolute atomic E-state index is 0.0362. The highest BCUT2D eigenvalue weighted by molar-refractivity contribution is 5.59. The first-order chi connectivity index (χ1) is 9.44. The molecule has 0 saturated carbocycles. The summed E-state index contributed by atoms with van der Waals surface area (Å²) in [5.74, 6) is 0.409. The molecule has 0 amide bonds. The third-order valence-electron chi connectivity index (χ3n) is 4.08. The fraction of sp³-hybridized carbons (Fsp3) is 0.769. The molecule has 0 atom stereocenters. The van der Waals surface area contributed by atoms with Crippen molar-refractivity contribution in [3.8, 4) is 0 Å². The normalized spacial score (nSPS) is 11.7. The van der Waals surface area contributed by atoms with Gasteiger partial charge in [-0.1, -0.05) is 20.8 Å². The minimum atomic E-state index is -0.396. The topological polar surface area (TPSA) is 93.2 Å². The number of aromatic nitrogens is 2. The quantitative estimate of drug-likeness (QED) is 0.563. The molecular weight excluding hydrogens is 260 g/mol. The van der Waals surface area contributed by atoms with Crippen LogP contribution in [0.15, 0.2) is 0 Å². The van der Waals surface area contributed by atoms with Gasteiger partial charge in [0.15, 0.2) is 0 Å². The van der Waals surface area contributed by atoms with Crippen molar-refractivity contribution in [3.63, 3.8) is 0 Å². The van der Waals surface area contributed by atoms with Crippen molar-refractivity contribution < 1.29 is 10.0 Å². The Morgan fingerprint density at radius 1 is 1.40 bits per heavy atom. The molecule has 0 aliphatic heterocycles. The number of nitrogens with one attached hydrogen (secondary N) is 1. The van der Waals surface area contributed by atoms with Gasteiger partial charge in [-0.05, 0) is 19.3 Å². The van der Waals surface area contributed by atoms with E-state index in [1.54, 1.807) is 7.05 Å². The van der Waals surface area contributed by atoms with Crippen LogP contribution in [0.3, 0.4) is 0 Å². The lowest BCUT2D eigenvalue weighted by molar-refractivity contribution is -0.384. The van der Waals surface area contributed by atoms with Crippen molar-refractivity contribution >= 4 is 11.5 Å². The van der Waals surface area contributed by atoms with Crippen molar-refractivity contribution in [2.75, 3.05) is 18.5 Å². The second-order valence-corrected chi connectivity index (χ2v) is 5.10. The van der Waals surface area contributed by atoms with Gasteiger partial charge in [-0.3, -0.25) is 10.1 Å². The summed E-state index contributed by atoms with van der Waals surface area (Å²) in [6, 6.07) is 0. The molecule has 20 heavy (non-hydrogen) atoms. The maximum Gasteiger partial charge on any atom is 0.333 e. The largest absolute Gasteiger partial charge is 0.396 e. The molecule has 0 unspecified atom stereocenters. The van der Waals surface area contributed by atoms with Gasteiger partial charge in [0.25, 0.3) is 0 Å². The molecule has 0 fully saturated rings. The van der Waals surface area contributed by atoms with Gasteiger partial charge in [-0.15, -0.1) is 0 Å². The van der Waals surface area contributed by atoms with Crippen LogP contribution in [0.4, 0.5) is 11.5 Å². The first-order valence-electron chi connectivity index (χ1n) is 6.99. The molecule has 0 saturated heterocycles. The van der Waals surface area contributed by atoms with Crippen molar-refractivity contribution in [3.05, 3.63) is 15.8 Å². The summed E-state index contributed by atoms with van der Waals surface area (Å²) < 4.78 is 1.50. The molecule has 0 spiro atoms. The Morgan fingerprint density at radius 3 is 2.40 bits per heavy atom. The fourth-order valence-corrected chi connectivity index (χ4v) is 2.25. The van der Waals surface area contributed by atoms with Crippen LogP contribution < -0.4 is 5.32 Å². The van der Waals surface area contributed by atoms with E-state index in [2.05, 4.69) is 10.4 Å². The maximum absolute atomic E-state index is 11.2. The second kappa shape index (κ2) is 6.69. The Morgan fingerprint density at radius 2 is 2.00 bits per heavy atom. The summed E-state index contributed by atoms with van der Waals surface area (Å²) in [6.07, 6.45) is 2.12. The monoisotopic (exact) mass is 284 g/mol. The van der Waals surface area contributed by atoms with Crippen LogP contribution in [0.5, 0.6) is 0 Å². The summed E-state index contributed by atoms with van der Waals surface area (Å²) in [5.41, 5.74) is 0.251. The van der Waals surface area contributed by atoms with E-state index >= 15 is 0 Å². The predicted molar refractivity (Wildman–Crippen MR) is 77.8 cm³/mol. The lowest BCUT2D eigenvalue weighted by Gasteiger charge is -2.29. The van der Waals surface area contributed by atoms with Crippen molar-refractivity contribution in [2.45, 2.75) is 40.0 Å². The van der Waals surface area contributed by atoms with E-state index in [1.165, 1.54) is 4.68 Å². The lowest BCUT2D eigenvalue weighted by atomic mass is 9.83.